The average molecular weight is 238 g/mol. The molecule has 3 N–H and O–H groups in total. The molecule has 0 aromatic heterocycles. The van der Waals surface area contributed by atoms with Crippen LogP contribution in [0.2, 0.25) is 0 Å². The zero-order chi connectivity index (χ0) is 12.0. The van der Waals surface area contributed by atoms with E-state index in [0.29, 0.717) is 5.92 Å². The molecule has 1 unspecified atom stereocenters. The van der Waals surface area contributed by atoms with E-state index in [-0.39, 0.29) is 5.84 Å². The minimum Gasteiger partial charge on any atom is -0.409 e. The van der Waals surface area contributed by atoms with Gasteiger partial charge >= 0.3 is 0 Å². The number of rotatable bonds is 5. The summed E-state index contributed by atoms with van der Waals surface area (Å²) in [5.41, 5.74) is 6.42. The van der Waals surface area contributed by atoms with Crippen LogP contribution in [0.1, 0.15) is 25.8 Å². The van der Waals surface area contributed by atoms with E-state index in [4.69, 9.17) is 10.9 Å². The Balaban J connectivity index is 2.79. The highest BCUT2D eigenvalue weighted by Crippen LogP contribution is 2.25. The average Bonchev–Trinajstić information content (AvgIpc) is 2.35. The highest BCUT2D eigenvalue weighted by Gasteiger charge is 2.08. The van der Waals surface area contributed by atoms with Crippen molar-refractivity contribution in [3.05, 3.63) is 29.8 Å². The normalized spacial score (nSPS) is 13.8. The van der Waals surface area contributed by atoms with Gasteiger partial charge in [0.25, 0.3) is 0 Å². The predicted octanol–water partition coefficient (Wildman–Crippen LogP) is 2.92. The first-order valence-electron chi connectivity index (χ1n) is 5.38. The van der Waals surface area contributed by atoms with Crippen molar-refractivity contribution in [1.29, 1.82) is 0 Å². The van der Waals surface area contributed by atoms with Crippen molar-refractivity contribution in [3.63, 3.8) is 0 Å². The van der Waals surface area contributed by atoms with Crippen molar-refractivity contribution >= 4 is 17.6 Å². The molecule has 1 aromatic rings. The molecule has 0 aliphatic rings. The number of oxime groups is 1. The molecular weight excluding hydrogens is 220 g/mol. The van der Waals surface area contributed by atoms with Crippen molar-refractivity contribution in [2.24, 2.45) is 16.8 Å². The number of nitrogens with zero attached hydrogens (tertiary/aromatic N) is 1. The van der Waals surface area contributed by atoms with Crippen molar-refractivity contribution < 1.29 is 5.21 Å². The van der Waals surface area contributed by atoms with E-state index in [0.717, 1.165) is 16.2 Å². The highest BCUT2D eigenvalue weighted by molar-refractivity contribution is 7.99. The molecule has 3 nitrogen and oxygen atoms in total. The van der Waals surface area contributed by atoms with Crippen LogP contribution in [0.5, 0.6) is 0 Å². The Morgan fingerprint density at radius 1 is 1.50 bits per heavy atom. The summed E-state index contributed by atoms with van der Waals surface area (Å²) in [4.78, 5) is 1.07. The summed E-state index contributed by atoms with van der Waals surface area (Å²) in [6.07, 6.45) is 1.17. The number of thioether (sulfide) groups is 1. The number of hydrogen-bond donors (Lipinski definition) is 2. The molecule has 1 atom stereocenters. The smallest absolute Gasteiger partial charge is 0.171 e. The minimum atomic E-state index is 0.173. The molecular formula is C12H18N2OS. The molecule has 0 saturated carbocycles. The van der Waals surface area contributed by atoms with Gasteiger partial charge in [-0.1, -0.05) is 43.6 Å². The summed E-state index contributed by atoms with van der Waals surface area (Å²) in [7, 11) is 0. The van der Waals surface area contributed by atoms with Gasteiger partial charge in [-0.2, -0.15) is 0 Å². The van der Waals surface area contributed by atoms with Crippen LogP contribution in [0.15, 0.2) is 34.3 Å². The summed E-state index contributed by atoms with van der Waals surface area (Å²) in [5, 5.41) is 11.7. The fraction of sp³-hybridized carbons (Fsp3) is 0.417. The number of hydrogen-bond acceptors (Lipinski definition) is 3. The summed E-state index contributed by atoms with van der Waals surface area (Å²) >= 11 is 1.75. The second-order valence-corrected chi connectivity index (χ2v) is 4.87. The Bertz CT molecular complexity index is 366. The van der Waals surface area contributed by atoms with Crippen LogP contribution in [0, 0.1) is 5.92 Å². The minimum absolute atomic E-state index is 0.173. The third-order valence-corrected chi connectivity index (χ3v) is 3.89. The lowest BCUT2D eigenvalue weighted by molar-refractivity contribution is 0.318. The van der Waals surface area contributed by atoms with Gasteiger partial charge in [0.2, 0.25) is 0 Å². The van der Waals surface area contributed by atoms with Crippen molar-refractivity contribution in [1.82, 2.24) is 0 Å². The fourth-order valence-electron chi connectivity index (χ4n) is 1.21. The Labute approximate surface area is 101 Å². The van der Waals surface area contributed by atoms with E-state index in [2.05, 4.69) is 19.0 Å². The Morgan fingerprint density at radius 3 is 2.81 bits per heavy atom. The molecule has 4 heteroatoms. The first-order valence-corrected chi connectivity index (χ1v) is 6.37. The van der Waals surface area contributed by atoms with E-state index in [1.54, 1.807) is 11.8 Å². The Hall–Kier alpha value is -1.16. The Kier molecular flexibility index (Phi) is 5.19. The topological polar surface area (TPSA) is 58.6 Å². The van der Waals surface area contributed by atoms with Crippen molar-refractivity contribution in [2.75, 3.05) is 5.75 Å². The second-order valence-electron chi connectivity index (χ2n) is 3.81. The SMILES string of the molecule is CCC(C)CSc1ccccc1/C(N)=N/O. The maximum absolute atomic E-state index is 8.69. The van der Waals surface area contributed by atoms with E-state index >= 15 is 0 Å². The third-order valence-electron chi connectivity index (χ3n) is 2.49. The predicted molar refractivity (Wildman–Crippen MR) is 69.1 cm³/mol. The van der Waals surface area contributed by atoms with Crippen LogP contribution in [0.4, 0.5) is 0 Å². The molecule has 0 bridgehead atoms. The van der Waals surface area contributed by atoms with Gasteiger partial charge in [-0.3, -0.25) is 0 Å². The van der Waals surface area contributed by atoms with Crippen LogP contribution in [0.25, 0.3) is 0 Å². The summed E-state index contributed by atoms with van der Waals surface area (Å²) in [6.45, 7) is 4.40. The first-order chi connectivity index (χ1) is 7.69. The number of benzene rings is 1. The van der Waals surface area contributed by atoms with Crippen molar-refractivity contribution in [3.8, 4) is 0 Å². The van der Waals surface area contributed by atoms with Crippen LogP contribution in [-0.2, 0) is 0 Å². The van der Waals surface area contributed by atoms with Gasteiger partial charge in [-0.15, -0.1) is 11.8 Å². The lowest BCUT2D eigenvalue weighted by atomic mass is 10.2. The zero-order valence-corrected chi connectivity index (χ0v) is 10.5. The molecule has 0 saturated heterocycles. The van der Waals surface area contributed by atoms with Crippen LogP contribution in [0.3, 0.4) is 0 Å². The molecule has 1 aromatic carbocycles. The van der Waals surface area contributed by atoms with Gasteiger partial charge in [0.05, 0.1) is 0 Å². The highest BCUT2D eigenvalue weighted by atomic mass is 32.2. The Morgan fingerprint density at radius 2 is 2.19 bits per heavy atom. The van der Waals surface area contributed by atoms with E-state index in [1.165, 1.54) is 6.42 Å². The van der Waals surface area contributed by atoms with Crippen molar-refractivity contribution in [2.45, 2.75) is 25.2 Å². The molecule has 0 aliphatic heterocycles. The summed E-state index contributed by atoms with van der Waals surface area (Å²) < 4.78 is 0. The maximum Gasteiger partial charge on any atom is 0.171 e. The maximum atomic E-state index is 8.69. The lowest BCUT2D eigenvalue weighted by Crippen LogP contribution is -2.14. The fourth-order valence-corrected chi connectivity index (χ4v) is 2.41. The number of amidine groups is 1. The first kappa shape index (κ1) is 12.9. The van der Waals surface area contributed by atoms with Gasteiger partial charge in [-0.25, -0.2) is 0 Å². The van der Waals surface area contributed by atoms with Gasteiger partial charge < -0.3 is 10.9 Å². The van der Waals surface area contributed by atoms with Gasteiger partial charge in [-0.05, 0) is 12.0 Å². The molecule has 0 spiro atoms. The molecule has 16 heavy (non-hydrogen) atoms. The van der Waals surface area contributed by atoms with E-state index in [9.17, 15) is 0 Å². The molecule has 1 rings (SSSR count). The standard InChI is InChI=1S/C12H18N2OS/c1-3-9(2)8-16-11-7-5-4-6-10(11)12(13)14-15/h4-7,9,15H,3,8H2,1-2H3,(H2,13,14). The van der Waals surface area contributed by atoms with E-state index < -0.39 is 0 Å². The largest absolute Gasteiger partial charge is 0.409 e. The zero-order valence-electron chi connectivity index (χ0n) is 9.68. The molecule has 0 radical (unpaired) electrons. The monoisotopic (exact) mass is 238 g/mol. The van der Waals surface area contributed by atoms with Crippen LogP contribution < -0.4 is 5.73 Å². The molecule has 0 fully saturated rings. The molecule has 0 aliphatic carbocycles. The van der Waals surface area contributed by atoms with Gasteiger partial charge in [0, 0.05) is 16.2 Å². The van der Waals surface area contributed by atoms with E-state index in [1.807, 2.05) is 24.3 Å². The quantitative estimate of drug-likeness (QED) is 0.273. The summed E-state index contributed by atoms with van der Waals surface area (Å²) in [6, 6.07) is 7.72. The van der Waals surface area contributed by atoms with Crippen LogP contribution >= 0.6 is 11.8 Å². The van der Waals surface area contributed by atoms with Gasteiger partial charge in [0.15, 0.2) is 5.84 Å². The lowest BCUT2D eigenvalue weighted by Gasteiger charge is -2.10. The summed E-state index contributed by atoms with van der Waals surface area (Å²) in [5.74, 6) is 1.89. The molecule has 88 valence electrons. The van der Waals surface area contributed by atoms with Crippen LogP contribution in [-0.4, -0.2) is 16.8 Å². The molecule has 0 amide bonds. The molecule has 0 heterocycles. The second kappa shape index (κ2) is 6.43. The van der Waals surface area contributed by atoms with Gasteiger partial charge in [0.1, 0.15) is 0 Å². The number of nitrogens with two attached hydrogens (primary N) is 1. The third kappa shape index (κ3) is 3.45.